The Bertz CT molecular complexity index is 731. The highest BCUT2D eigenvalue weighted by atomic mass is 16.5. The fourth-order valence-corrected chi connectivity index (χ4v) is 2.53. The van der Waals surface area contributed by atoms with Crippen LogP contribution in [0.5, 0.6) is 17.2 Å². The molecule has 0 aliphatic carbocycles. The summed E-state index contributed by atoms with van der Waals surface area (Å²) in [5, 5.41) is 2.92. The number of methoxy groups -OCH3 is 2. The van der Waals surface area contributed by atoms with E-state index in [1.165, 1.54) is 5.56 Å². The zero-order valence-corrected chi connectivity index (χ0v) is 16.5. The summed E-state index contributed by atoms with van der Waals surface area (Å²) in [5.74, 6) is 2.12. The second-order valence-corrected chi connectivity index (χ2v) is 6.37. The molecule has 0 saturated carbocycles. The number of aryl methyl sites for hydroxylation is 1. The van der Waals surface area contributed by atoms with Crippen LogP contribution in [0.1, 0.15) is 11.1 Å². The van der Waals surface area contributed by atoms with E-state index >= 15 is 0 Å². The Hall–Kier alpha value is -2.73. The second-order valence-electron chi connectivity index (χ2n) is 6.37. The van der Waals surface area contributed by atoms with E-state index in [1.807, 2.05) is 61.3 Å². The fourth-order valence-electron chi connectivity index (χ4n) is 2.53. The van der Waals surface area contributed by atoms with Crippen LogP contribution in [-0.4, -0.2) is 51.8 Å². The van der Waals surface area contributed by atoms with Gasteiger partial charge in [0.2, 0.25) is 5.91 Å². The van der Waals surface area contributed by atoms with Crippen LogP contribution in [0.4, 0.5) is 0 Å². The van der Waals surface area contributed by atoms with Crippen LogP contribution in [0.2, 0.25) is 0 Å². The summed E-state index contributed by atoms with van der Waals surface area (Å²) in [6.45, 7) is 3.98. The number of nitrogens with one attached hydrogen (secondary N) is 1. The normalized spacial score (nSPS) is 10.6. The van der Waals surface area contributed by atoms with Gasteiger partial charge in [0.05, 0.1) is 20.8 Å². The van der Waals surface area contributed by atoms with Crippen molar-refractivity contribution in [3.05, 3.63) is 53.6 Å². The summed E-state index contributed by atoms with van der Waals surface area (Å²) in [4.78, 5) is 14.1. The highest BCUT2D eigenvalue weighted by Gasteiger charge is 2.08. The third-order valence-corrected chi connectivity index (χ3v) is 4.11. The Morgan fingerprint density at radius 3 is 2.41 bits per heavy atom. The standard InChI is InChI=1S/C21H28N2O4/c1-16-5-8-18(9-6-16)27-12-11-23(2)15-21(24)22-14-17-7-10-19(25-3)20(13-17)26-4/h5-10,13H,11-12,14-15H2,1-4H3,(H,22,24). The highest BCUT2D eigenvalue weighted by Crippen LogP contribution is 2.27. The van der Waals surface area contributed by atoms with Crippen molar-refractivity contribution in [1.29, 1.82) is 0 Å². The number of rotatable bonds is 10. The molecule has 6 heteroatoms. The van der Waals surface area contributed by atoms with Crippen molar-refractivity contribution in [2.45, 2.75) is 13.5 Å². The number of carbonyl (C=O) groups is 1. The van der Waals surface area contributed by atoms with E-state index in [9.17, 15) is 4.79 Å². The number of benzene rings is 2. The van der Waals surface area contributed by atoms with Gasteiger partial charge in [0.25, 0.3) is 0 Å². The van der Waals surface area contributed by atoms with Crippen molar-refractivity contribution in [2.24, 2.45) is 0 Å². The summed E-state index contributed by atoms with van der Waals surface area (Å²) < 4.78 is 16.2. The lowest BCUT2D eigenvalue weighted by atomic mass is 10.2. The minimum atomic E-state index is -0.0392. The van der Waals surface area contributed by atoms with Gasteiger partial charge in [-0.25, -0.2) is 0 Å². The average molecular weight is 372 g/mol. The Labute approximate surface area is 161 Å². The Morgan fingerprint density at radius 1 is 1.04 bits per heavy atom. The first-order chi connectivity index (χ1) is 13.0. The van der Waals surface area contributed by atoms with E-state index in [4.69, 9.17) is 14.2 Å². The summed E-state index contributed by atoms with van der Waals surface area (Å²) in [5.41, 5.74) is 2.15. The number of carbonyl (C=O) groups excluding carboxylic acids is 1. The largest absolute Gasteiger partial charge is 0.493 e. The highest BCUT2D eigenvalue weighted by molar-refractivity contribution is 5.78. The second kappa shape index (κ2) is 10.4. The molecule has 0 aliphatic rings. The lowest BCUT2D eigenvalue weighted by Crippen LogP contribution is -2.36. The first-order valence-corrected chi connectivity index (χ1v) is 8.87. The van der Waals surface area contributed by atoms with Crippen LogP contribution in [-0.2, 0) is 11.3 Å². The maximum atomic E-state index is 12.1. The topological polar surface area (TPSA) is 60.0 Å². The van der Waals surface area contributed by atoms with Crippen molar-refractivity contribution in [3.8, 4) is 17.2 Å². The van der Waals surface area contributed by atoms with Gasteiger partial charge in [-0.1, -0.05) is 23.8 Å². The van der Waals surface area contributed by atoms with Gasteiger partial charge >= 0.3 is 0 Å². The predicted octanol–water partition coefficient (Wildman–Crippen LogP) is 2.64. The number of hydrogen-bond donors (Lipinski definition) is 1. The zero-order valence-electron chi connectivity index (χ0n) is 16.5. The summed E-state index contributed by atoms with van der Waals surface area (Å²) in [6, 6.07) is 13.5. The molecule has 2 aromatic carbocycles. The Kier molecular flexibility index (Phi) is 7.95. The predicted molar refractivity (Wildman–Crippen MR) is 106 cm³/mol. The van der Waals surface area contributed by atoms with Crippen molar-refractivity contribution in [2.75, 3.05) is 41.0 Å². The van der Waals surface area contributed by atoms with E-state index in [0.717, 1.165) is 11.3 Å². The molecule has 0 radical (unpaired) electrons. The fraction of sp³-hybridized carbons (Fsp3) is 0.381. The van der Waals surface area contributed by atoms with Gasteiger partial charge in [0, 0.05) is 13.1 Å². The van der Waals surface area contributed by atoms with Crippen LogP contribution in [0, 0.1) is 6.92 Å². The maximum Gasteiger partial charge on any atom is 0.234 e. The average Bonchev–Trinajstić information content (AvgIpc) is 2.67. The van der Waals surface area contributed by atoms with Crippen molar-refractivity contribution in [3.63, 3.8) is 0 Å². The summed E-state index contributed by atoms with van der Waals surface area (Å²) in [6.07, 6.45) is 0. The lowest BCUT2D eigenvalue weighted by molar-refractivity contribution is -0.122. The van der Waals surface area contributed by atoms with Crippen LogP contribution in [0.3, 0.4) is 0 Å². The van der Waals surface area contributed by atoms with Crippen LogP contribution in [0.25, 0.3) is 0 Å². The molecule has 27 heavy (non-hydrogen) atoms. The van der Waals surface area contributed by atoms with Gasteiger partial charge in [-0.2, -0.15) is 0 Å². The molecule has 146 valence electrons. The first-order valence-electron chi connectivity index (χ1n) is 8.87. The van der Waals surface area contributed by atoms with E-state index < -0.39 is 0 Å². The molecule has 0 spiro atoms. The van der Waals surface area contributed by atoms with E-state index in [1.54, 1.807) is 14.2 Å². The van der Waals surface area contributed by atoms with Crippen LogP contribution in [0.15, 0.2) is 42.5 Å². The molecule has 2 aromatic rings. The van der Waals surface area contributed by atoms with Crippen LogP contribution < -0.4 is 19.5 Å². The molecule has 0 bridgehead atoms. The molecular weight excluding hydrogens is 344 g/mol. The number of likely N-dealkylation sites (N-methyl/N-ethyl adjacent to an activating group) is 1. The van der Waals surface area contributed by atoms with E-state index in [0.29, 0.717) is 37.7 Å². The SMILES string of the molecule is COc1ccc(CNC(=O)CN(C)CCOc2ccc(C)cc2)cc1OC. The monoisotopic (exact) mass is 372 g/mol. The van der Waals surface area contributed by atoms with Gasteiger partial charge in [0.15, 0.2) is 11.5 Å². The quantitative estimate of drug-likeness (QED) is 0.695. The first kappa shape index (κ1) is 20.6. The third kappa shape index (κ3) is 6.83. The molecule has 6 nitrogen and oxygen atoms in total. The lowest BCUT2D eigenvalue weighted by Gasteiger charge is -2.17. The van der Waals surface area contributed by atoms with Gasteiger partial charge in [0.1, 0.15) is 12.4 Å². The zero-order chi connectivity index (χ0) is 19.6. The molecule has 2 rings (SSSR count). The minimum Gasteiger partial charge on any atom is -0.493 e. The molecule has 0 aromatic heterocycles. The molecule has 1 N–H and O–H groups in total. The van der Waals surface area contributed by atoms with E-state index in [2.05, 4.69) is 5.32 Å². The summed E-state index contributed by atoms with van der Waals surface area (Å²) in [7, 11) is 5.08. The number of ether oxygens (including phenoxy) is 3. The van der Waals surface area contributed by atoms with Crippen molar-refractivity contribution in [1.82, 2.24) is 10.2 Å². The van der Waals surface area contributed by atoms with Gasteiger partial charge in [-0.3, -0.25) is 9.69 Å². The van der Waals surface area contributed by atoms with Crippen molar-refractivity contribution >= 4 is 5.91 Å². The molecule has 0 fully saturated rings. The number of nitrogens with zero attached hydrogens (tertiary/aromatic N) is 1. The van der Waals surface area contributed by atoms with Gasteiger partial charge in [-0.05, 0) is 43.8 Å². The molecule has 0 saturated heterocycles. The molecule has 0 heterocycles. The minimum absolute atomic E-state index is 0.0392. The summed E-state index contributed by atoms with van der Waals surface area (Å²) >= 11 is 0. The third-order valence-electron chi connectivity index (χ3n) is 4.11. The van der Waals surface area contributed by atoms with Gasteiger partial charge in [-0.15, -0.1) is 0 Å². The molecule has 1 amide bonds. The smallest absolute Gasteiger partial charge is 0.234 e. The Morgan fingerprint density at radius 2 is 1.74 bits per heavy atom. The van der Waals surface area contributed by atoms with E-state index in [-0.39, 0.29) is 5.91 Å². The van der Waals surface area contributed by atoms with Crippen LogP contribution >= 0.6 is 0 Å². The van der Waals surface area contributed by atoms with Gasteiger partial charge < -0.3 is 19.5 Å². The molecule has 0 unspecified atom stereocenters. The van der Waals surface area contributed by atoms with Crippen molar-refractivity contribution < 1.29 is 19.0 Å². The maximum absolute atomic E-state index is 12.1. The number of amides is 1. The Balaban J connectivity index is 1.70. The number of hydrogen-bond acceptors (Lipinski definition) is 5. The molecular formula is C21H28N2O4. The molecule has 0 aliphatic heterocycles. The molecule has 0 atom stereocenters.